The Morgan fingerprint density at radius 3 is 2.63 bits per heavy atom. The summed E-state index contributed by atoms with van der Waals surface area (Å²) in [4.78, 5) is 15.8. The first-order valence-electron chi connectivity index (χ1n) is 6.17. The van der Waals surface area contributed by atoms with E-state index in [1.54, 1.807) is 6.92 Å². The quantitative estimate of drug-likeness (QED) is 0.714. The van der Waals surface area contributed by atoms with Crippen molar-refractivity contribution in [3.8, 4) is 11.5 Å². The molecule has 1 heterocycles. The SMILES string of the molecule is CC(=O)Cc1ccccc1-c1nc2ccccc2o1. The van der Waals surface area contributed by atoms with Gasteiger partial charge in [0.1, 0.15) is 11.3 Å². The van der Waals surface area contributed by atoms with E-state index in [0.29, 0.717) is 12.3 Å². The van der Waals surface area contributed by atoms with Crippen molar-refractivity contribution in [2.75, 3.05) is 0 Å². The van der Waals surface area contributed by atoms with Crippen molar-refractivity contribution in [3.05, 3.63) is 54.1 Å². The highest BCUT2D eigenvalue weighted by Crippen LogP contribution is 2.27. The third kappa shape index (κ3) is 2.27. The second-order valence-corrected chi connectivity index (χ2v) is 4.52. The van der Waals surface area contributed by atoms with Crippen LogP contribution >= 0.6 is 0 Å². The molecule has 1 aromatic heterocycles. The Morgan fingerprint density at radius 1 is 1.11 bits per heavy atom. The molecular weight excluding hydrogens is 238 g/mol. The van der Waals surface area contributed by atoms with Crippen molar-refractivity contribution in [2.45, 2.75) is 13.3 Å². The van der Waals surface area contributed by atoms with Crippen LogP contribution in [0.25, 0.3) is 22.6 Å². The number of aromatic nitrogens is 1. The van der Waals surface area contributed by atoms with Crippen LogP contribution in [0.15, 0.2) is 52.9 Å². The van der Waals surface area contributed by atoms with E-state index in [-0.39, 0.29) is 5.78 Å². The van der Waals surface area contributed by atoms with Gasteiger partial charge in [-0.3, -0.25) is 4.79 Å². The van der Waals surface area contributed by atoms with Crippen LogP contribution in [0.3, 0.4) is 0 Å². The number of fused-ring (bicyclic) bond motifs is 1. The molecule has 3 aromatic rings. The topological polar surface area (TPSA) is 43.1 Å². The van der Waals surface area contributed by atoms with Crippen molar-refractivity contribution >= 4 is 16.9 Å². The molecule has 0 radical (unpaired) electrons. The van der Waals surface area contributed by atoms with E-state index in [0.717, 1.165) is 22.2 Å². The number of rotatable bonds is 3. The predicted molar refractivity (Wildman–Crippen MR) is 73.8 cm³/mol. The van der Waals surface area contributed by atoms with Crippen LogP contribution in [0, 0.1) is 0 Å². The van der Waals surface area contributed by atoms with Gasteiger partial charge in [0.05, 0.1) is 0 Å². The normalized spacial score (nSPS) is 10.8. The zero-order valence-corrected chi connectivity index (χ0v) is 10.6. The first kappa shape index (κ1) is 11.7. The van der Waals surface area contributed by atoms with Gasteiger partial charge in [0.2, 0.25) is 5.89 Å². The zero-order chi connectivity index (χ0) is 13.2. The minimum absolute atomic E-state index is 0.128. The largest absolute Gasteiger partial charge is 0.436 e. The molecule has 0 spiro atoms. The number of hydrogen-bond acceptors (Lipinski definition) is 3. The number of benzene rings is 2. The number of ketones is 1. The third-order valence-electron chi connectivity index (χ3n) is 2.98. The smallest absolute Gasteiger partial charge is 0.227 e. The van der Waals surface area contributed by atoms with Gasteiger partial charge in [-0.05, 0) is 30.7 Å². The molecular formula is C16H13NO2. The van der Waals surface area contributed by atoms with E-state index in [1.807, 2.05) is 48.5 Å². The molecule has 0 amide bonds. The summed E-state index contributed by atoms with van der Waals surface area (Å²) in [6.07, 6.45) is 0.398. The molecule has 0 atom stereocenters. The van der Waals surface area contributed by atoms with E-state index < -0.39 is 0 Å². The van der Waals surface area contributed by atoms with Gasteiger partial charge in [0.15, 0.2) is 5.58 Å². The summed E-state index contributed by atoms with van der Waals surface area (Å²) in [6.45, 7) is 1.59. The fourth-order valence-corrected chi connectivity index (χ4v) is 2.14. The van der Waals surface area contributed by atoms with Gasteiger partial charge >= 0.3 is 0 Å². The Balaban J connectivity index is 2.13. The van der Waals surface area contributed by atoms with Crippen LogP contribution < -0.4 is 0 Å². The highest BCUT2D eigenvalue weighted by Gasteiger charge is 2.12. The van der Waals surface area contributed by atoms with Crippen LogP contribution in [-0.2, 0) is 11.2 Å². The number of hydrogen-bond donors (Lipinski definition) is 0. The van der Waals surface area contributed by atoms with Gasteiger partial charge in [-0.1, -0.05) is 30.3 Å². The Morgan fingerprint density at radius 2 is 1.84 bits per heavy atom. The van der Waals surface area contributed by atoms with Gasteiger partial charge in [0, 0.05) is 12.0 Å². The van der Waals surface area contributed by atoms with Crippen LogP contribution in [0.1, 0.15) is 12.5 Å². The fraction of sp³-hybridized carbons (Fsp3) is 0.125. The van der Waals surface area contributed by atoms with E-state index in [4.69, 9.17) is 4.42 Å². The molecule has 0 saturated heterocycles. The molecule has 2 aromatic carbocycles. The van der Waals surface area contributed by atoms with Gasteiger partial charge < -0.3 is 4.42 Å². The van der Waals surface area contributed by atoms with Crippen LogP contribution in [0.5, 0.6) is 0 Å². The summed E-state index contributed by atoms with van der Waals surface area (Å²) in [5, 5.41) is 0. The summed E-state index contributed by atoms with van der Waals surface area (Å²) < 4.78 is 5.75. The lowest BCUT2D eigenvalue weighted by molar-refractivity contribution is -0.116. The lowest BCUT2D eigenvalue weighted by Crippen LogP contribution is -1.98. The van der Waals surface area contributed by atoms with Gasteiger partial charge in [-0.25, -0.2) is 4.98 Å². The average Bonchev–Trinajstić information content (AvgIpc) is 2.82. The van der Waals surface area contributed by atoms with Crippen molar-refractivity contribution in [1.29, 1.82) is 0 Å². The van der Waals surface area contributed by atoms with Crippen molar-refractivity contribution in [2.24, 2.45) is 0 Å². The first-order valence-corrected chi connectivity index (χ1v) is 6.17. The Labute approximate surface area is 110 Å². The summed E-state index contributed by atoms with van der Waals surface area (Å²) in [5.74, 6) is 0.696. The standard InChI is InChI=1S/C16H13NO2/c1-11(18)10-12-6-2-3-7-13(12)16-17-14-8-4-5-9-15(14)19-16/h2-9H,10H2,1H3. The maximum absolute atomic E-state index is 11.3. The lowest BCUT2D eigenvalue weighted by atomic mass is 10.0. The van der Waals surface area contributed by atoms with Crippen molar-refractivity contribution < 1.29 is 9.21 Å². The Hall–Kier alpha value is -2.42. The number of oxazole rings is 1. The molecule has 0 unspecified atom stereocenters. The molecule has 0 N–H and O–H groups in total. The second-order valence-electron chi connectivity index (χ2n) is 4.52. The maximum Gasteiger partial charge on any atom is 0.227 e. The Bertz CT molecular complexity index is 710. The summed E-state index contributed by atoms with van der Waals surface area (Å²) in [6, 6.07) is 15.4. The number of para-hydroxylation sites is 2. The number of carbonyl (C=O) groups is 1. The lowest BCUT2D eigenvalue weighted by Gasteiger charge is -2.03. The number of carbonyl (C=O) groups excluding carboxylic acids is 1. The van der Waals surface area contributed by atoms with Gasteiger partial charge in [-0.2, -0.15) is 0 Å². The highest BCUT2D eigenvalue weighted by molar-refractivity contribution is 5.82. The van der Waals surface area contributed by atoms with Crippen LogP contribution in [-0.4, -0.2) is 10.8 Å². The fourth-order valence-electron chi connectivity index (χ4n) is 2.14. The van der Waals surface area contributed by atoms with E-state index >= 15 is 0 Å². The van der Waals surface area contributed by atoms with Crippen molar-refractivity contribution in [1.82, 2.24) is 4.98 Å². The molecule has 94 valence electrons. The molecule has 0 aliphatic rings. The van der Waals surface area contributed by atoms with E-state index in [1.165, 1.54) is 0 Å². The minimum Gasteiger partial charge on any atom is -0.436 e. The molecule has 0 aliphatic heterocycles. The average molecular weight is 251 g/mol. The molecule has 0 fully saturated rings. The van der Waals surface area contributed by atoms with E-state index in [9.17, 15) is 4.79 Å². The van der Waals surface area contributed by atoms with Gasteiger partial charge in [0.25, 0.3) is 0 Å². The minimum atomic E-state index is 0.128. The third-order valence-corrected chi connectivity index (χ3v) is 2.98. The van der Waals surface area contributed by atoms with Gasteiger partial charge in [-0.15, -0.1) is 0 Å². The Kier molecular flexibility index (Phi) is 2.88. The molecule has 3 nitrogen and oxygen atoms in total. The molecule has 3 rings (SSSR count). The number of nitrogens with zero attached hydrogens (tertiary/aromatic N) is 1. The monoisotopic (exact) mass is 251 g/mol. The summed E-state index contributed by atoms with van der Waals surface area (Å²) in [5.41, 5.74) is 3.42. The second kappa shape index (κ2) is 4.69. The molecule has 3 heteroatoms. The maximum atomic E-state index is 11.3. The van der Waals surface area contributed by atoms with Crippen LogP contribution in [0.2, 0.25) is 0 Å². The van der Waals surface area contributed by atoms with E-state index in [2.05, 4.69) is 4.98 Å². The highest BCUT2D eigenvalue weighted by atomic mass is 16.3. The predicted octanol–water partition coefficient (Wildman–Crippen LogP) is 3.63. The first-order chi connectivity index (χ1) is 9.24. The summed E-state index contributed by atoms with van der Waals surface area (Å²) in [7, 11) is 0. The molecule has 0 aliphatic carbocycles. The molecule has 19 heavy (non-hydrogen) atoms. The summed E-state index contributed by atoms with van der Waals surface area (Å²) >= 11 is 0. The number of Topliss-reactive ketones (excluding diaryl/α,β-unsaturated/α-hetero) is 1. The molecule has 0 saturated carbocycles. The van der Waals surface area contributed by atoms with Crippen LogP contribution in [0.4, 0.5) is 0 Å². The van der Waals surface area contributed by atoms with Crippen molar-refractivity contribution in [3.63, 3.8) is 0 Å². The molecule has 0 bridgehead atoms. The zero-order valence-electron chi connectivity index (χ0n) is 10.6.